The lowest BCUT2D eigenvalue weighted by molar-refractivity contribution is -0.115. The third kappa shape index (κ3) is 2.10. The number of fused-ring (bicyclic) bond motifs is 1. The van der Waals surface area contributed by atoms with Crippen LogP contribution in [0.15, 0.2) is 35.6 Å². The maximum absolute atomic E-state index is 12.3. The van der Waals surface area contributed by atoms with Gasteiger partial charge in [-0.3, -0.25) is 14.4 Å². The average molecular weight is 258 g/mol. The number of ether oxygens (including phenoxy) is 1. The average Bonchev–Trinajstić information content (AvgIpc) is 2.42. The highest BCUT2D eigenvalue weighted by atomic mass is 16.5. The molecule has 0 spiro atoms. The van der Waals surface area contributed by atoms with Crippen molar-refractivity contribution in [1.82, 2.24) is 0 Å². The smallest absolute Gasteiger partial charge is 0.229 e. The molecule has 0 bridgehead atoms. The van der Waals surface area contributed by atoms with Gasteiger partial charge in [0.15, 0.2) is 11.5 Å². The van der Waals surface area contributed by atoms with Crippen molar-refractivity contribution in [3.05, 3.63) is 46.7 Å². The van der Waals surface area contributed by atoms with Gasteiger partial charge in [0, 0.05) is 17.5 Å². The first-order valence-corrected chi connectivity index (χ1v) is 6.11. The van der Waals surface area contributed by atoms with Crippen LogP contribution >= 0.6 is 0 Å². The van der Waals surface area contributed by atoms with Crippen LogP contribution in [0.3, 0.4) is 0 Å². The minimum absolute atomic E-state index is 0.118. The predicted octanol–water partition coefficient (Wildman–Crippen LogP) is 2.34. The molecule has 1 aliphatic rings. The highest BCUT2D eigenvalue weighted by molar-refractivity contribution is 6.36. The van der Waals surface area contributed by atoms with E-state index in [0.717, 1.165) is 0 Å². The molecule has 0 aliphatic heterocycles. The first-order valence-electron chi connectivity index (χ1n) is 6.11. The molecule has 0 saturated heterocycles. The minimum atomic E-state index is -0.425. The molecule has 1 aromatic rings. The Hall–Kier alpha value is -2.23. The van der Waals surface area contributed by atoms with E-state index in [4.69, 9.17) is 4.74 Å². The highest BCUT2D eigenvalue weighted by Crippen LogP contribution is 2.27. The molecule has 0 atom stereocenters. The second-order valence-corrected chi connectivity index (χ2v) is 4.29. The normalized spacial score (nSPS) is 14.4. The second-order valence-electron chi connectivity index (χ2n) is 4.29. The summed E-state index contributed by atoms with van der Waals surface area (Å²) in [5.74, 6) is -1.31. The van der Waals surface area contributed by atoms with Crippen LogP contribution in [0.25, 0.3) is 0 Å². The Bertz CT molecular complexity index is 596. The lowest BCUT2D eigenvalue weighted by atomic mass is 9.85. The van der Waals surface area contributed by atoms with E-state index in [-0.39, 0.29) is 34.7 Å². The van der Waals surface area contributed by atoms with Crippen molar-refractivity contribution in [2.75, 3.05) is 7.11 Å². The van der Waals surface area contributed by atoms with Gasteiger partial charge in [0.25, 0.3) is 0 Å². The van der Waals surface area contributed by atoms with E-state index < -0.39 is 11.6 Å². The van der Waals surface area contributed by atoms with Gasteiger partial charge in [0.1, 0.15) is 5.57 Å². The van der Waals surface area contributed by atoms with Gasteiger partial charge in [0.05, 0.1) is 7.11 Å². The summed E-state index contributed by atoms with van der Waals surface area (Å²) in [6, 6.07) is 6.47. The fraction of sp³-hybridized carbons (Fsp3) is 0.267. The summed E-state index contributed by atoms with van der Waals surface area (Å²) in [5, 5.41) is 0. The lowest BCUT2D eigenvalue weighted by Crippen LogP contribution is -2.27. The zero-order valence-electron chi connectivity index (χ0n) is 10.9. The third-order valence-electron chi connectivity index (χ3n) is 3.04. The molecule has 1 aliphatic carbocycles. The van der Waals surface area contributed by atoms with Gasteiger partial charge in [-0.1, -0.05) is 31.2 Å². The number of ketones is 3. The molecule has 0 N–H and O–H groups in total. The molecular weight excluding hydrogens is 244 g/mol. The molecule has 0 fully saturated rings. The van der Waals surface area contributed by atoms with Gasteiger partial charge < -0.3 is 4.74 Å². The predicted molar refractivity (Wildman–Crippen MR) is 69.1 cm³/mol. The quantitative estimate of drug-likeness (QED) is 0.778. The summed E-state index contributed by atoms with van der Waals surface area (Å²) < 4.78 is 5.00. The Balaban J connectivity index is 2.60. The van der Waals surface area contributed by atoms with E-state index in [1.54, 1.807) is 24.3 Å². The minimum Gasteiger partial charge on any atom is -0.492 e. The molecule has 0 unspecified atom stereocenters. The molecule has 19 heavy (non-hydrogen) atoms. The number of Topliss-reactive ketones (excluding diaryl/α,β-unsaturated/α-hetero) is 3. The van der Waals surface area contributed by atoms with Crippen LogP contribution in [0.2, 0.25) is 0 Å². The van der Waals surface area contributed by atoms with Gasteiger partial charge in [0.2, 0.25) is 11.6 Å². The Kier molecular flexibility index (Phi) is 3.60. The Morgan fingerprint density at radius 2 is 1.68 bits per heavy atom. The molecule has 4 heteroatoms. The van der Waals surface area contributed by atoms with Crippen molar-refractivity contribution in [3.8, 4) is 0 Å². The monoisotopic (exact) mass is 258 g/mol. The van der Waals surface area contributed by atoms with Crippen molar-refractivity contribution >= 4 is 17.3 Å². The van der Waals surface area contributed by atoms with Crippen LogP contribution in [-0.4, -0.2) is 24.5 Å². The van der Waals surface area contributed by atoms with Crippen LogP contribution in [0, 0.1) is 0 Å². The van der Waals surface area contributed by atoms with Crippen molar-refractivity contribution in [2.45, 2.75) is 19.8 Å². The van der Waals surface area contributed by atoms with E-state index in [1.807, 2.05) is 6.92 Å². The number of carbonyl (C=O) groups is 3. The van der Waals surface area contributed by atoms with Crippen molar-refractivity contribution in [3.63, 3.8) is 0 Å². The number of allylic oxidation sites excluding steroid dienone is 2. The number of rotatable bonds is 4. The van der Waals surface area contributed by atoms with Gasteiger partial charge in [-0.25, -0.2) is 0 Å². The maximum atomic E-state index is 12.3. The summed E-state index contributed by atoms with van der Waals surface area (Å²) in [6.07, 6.45) is 0.839. The number of benzene rings is 1. The third-order valence-corrected chi connectivity index (χ3v) is 3.04. The second kappa shape index (κ2) is 5.18. The first kappa shape index (κ1) is 13.2. The fourth-order valence-electron chi connectivity index (χ4n) is 2.15. The van der Waals surface area contributed by atoms with Gasteiger partial charge in [-0.2, -0.15) is 0 Å². The van der Waals surface area contributed by atoms with Crippen LogP contribution in [0.4, 0.5) is 0 Å². The number of hydrogen-bond acceptors (Lipinski definition) is 4. The molecule has 2 rings (SSSR count). The van der Waals surface area contributed by atoms with Gasteiger partial charge >= 0.3 is 0 Å². The fourth-order valence-corrected chi connectivity index (χ4v) is 2.15. The van der Waals surface area contributed by atoms with Crippen LogP contribution in [0.5, 0.6) is 0 Å². The maximum Gasteiger partial charge on any atom is 0.229 e. The summed E-state index contributed by atoms with van der Waals surface area (Å²) in [4.78, 5) is 36.6. The molecule has 0 saturated carbocycles. The molecular formula is C15H14O4. The zero-order chi connectivity index (χ0) is 14.0. The summed E-state index contributed by atoms with van der Waals surface area (Å²) in [7, 11) is 1.30. The molecule has 0 amide bonds. The largest absolute Gasteiger partial charge is 0.492 e. The van der Waals surface area contributed by atoms with Crippen LogP contribution in [0.1, 0.15) is 40.5 Å². The van der Waals surface area contributed by atoms with Crippen LogP contribution < -0.4 is 0 Å². The summed E-state index contributed by atoms with van der Waals surface area (Å²) in [5.41, 5.74) is 0.443. The van der Waals surface area contributed by atoms with Crippen molar-refractivity contribution in [1.29, 1.82) is 0 Å². The molecule has 0 radical (unpaired) electrons. The van der Waals surface area contributed by atoms with E-state index in [9.17, 15) is 14.4 Å². The standard InChI is InChI=1S/C15H14O4/c1-3-6-11(16)12-13(17)9-7-4-5-8-10(9)14(18)15(12)19-2/h4-5,7-8H,3,6H2,1-2H3. The molecule has 0 heterocycles. The van der Waals surface area contributed by atoms with E-state index in [2.05, 4.69) is 0 Å². The van der Waals surface area contributed by atoms with Gasteiger partial charge in [-0.15, -0.1) is 0 Å². The summed E-state index contributed by atoms with van der Waals surface area (Å²) in [6.45, 7) is 1.84. The Morgan fingerprint density at radius 3 is 2.21 bits per heavy atom. The first-order chi connectivity index (χ1) is 9.11. The van der Waals surface area contributed by atoms with E-state index >= 15 is 0 Å². The van der Waals surface area contributed by atoms with E-state index in [1.165, 1.54) is 7.11 Å². The SMILES string of the molecule is CCCC(=O)C1=C(OC)C(=O)c2ccccc2C1=O. The zero-order valence-corrected chi connectivity index (χ0v) is 10.9. The van der Waals surface area contributed by atoms with Gasteiger partial charge in [-0.05, 0) is 6.42 Å². The lowest BCUT2D eigenvalue weighted by Gasteiger charge is -2.18. The Morgan fingerprint density at radius 1 is 1.11 bits per heavy atom. The molecule has 1 aromatic carbocycles. The highest BCUT2D eigenvalue weighted by Gasteiger charge is 2.35. The topological polar surface area (TPSA) is 60.4 Å². The molecule has 0 aromatic heterocycles. The molecule has 98 valence electrons. The number of carbonyl (C=O) groups excluding carboxylic acids is 3. The van der Waals surface area contributed by atoms with Crippen molar-refractivity contribution in [2.24, 2.45) is 0 Å². The Labute approximate surface area is 111 Å². The number of hydrogen-bond donors (Lipinski definition) is 0. The van der Waals surface area contributed by atoms with Crippen molar-refractivity contribution < 1.29 is 19.1 Å². The number of methoxy groups -OCH3 is 1. The molecule has 4 nitrogen and oxygen atoms in total. The van der Waals surface area contributed by atoms with Crippen LogP contribution in [-0.2, 0) is 9.53 Å². The van der Waals surface area contributed by atoms with E-state index in [0.29, 0.717) is 6.42 Å². The summed E-state index contributed by atoms with van der Waals surface area (Å²) >= 11 is 0.